The van der Waals surface area contributed by atoms with Gasteiger partial charge in [0, 0.05) is 12.2 Å². The largest absolute Gasteiger partial charge is 0.611 e. The number of hydrogen-bond acceptors (Lipinski definition) is 5. The molecule has 0 aliphatic heterocycles. The topological polar surface area (TPSA) is 90.8 Å². The molecule has 156 valence electrons. The molecule has 3 aromatic rings. The van der Waals surface area contributed by atoms with Crippen LogP contribution in [0, 0.1) is 0 Å². The van der Waals surface area contributed by atoms with E-state index in [2.05, 4.69) is 11.4 Å². The van der Waals surface area contributed by atoms with E-state index in [-0.39, 0.29) is 0 Å². The predicted octanol–water partition coefficient (Wildman–Crippen LogP) is 4.18. The van der Waals surface area contributed by atoms with Gasteiger partial charge in [-0.25, -0.2) is 4.79 Å². The Bertz CT molecular complexity index is 1010. The highest BCUT2D eigenvalue weighted by Gasteiger charge is 2.15. The van der Waals surface area contributed by atoms with E-state index < -0.39 is 22.9 Å². The van der Waals surface area contributed by atoms with Gasteiger partial charge in [-0.15, -0.1) is 0 Å². The van der Waals surface area contributed by atoms with E-state index in [1.165, 1.54) is 0 Å². The van der Waals surface area contributed by atoms with Crippen LogP contribution >= 0.6 is 0 Å². The number of carbonyl (C=O) groups is 1. The lowest BCUT2D eigenvalue weighted by atomic mass is 10.0. The van der Waals surface area contributed by atoms with Crippen molar-refractivity contribution in [3.05, 3.63) is 72.3 Å². The summed E-state index contributed by atoms with van der Waals surface area (Å²) in [5.41, 5.74) is 4.05. The first-order valence-corrected chi connectivity index (χ1v) is 10.6. The molecule has 3 rings (SSSR count). The summed E-state index contributed by atoms with van der Waals surface area (Å²) in [6, 6.07) is 21.0. The van der Waals surface area contributed by atoms with Gasteiger partial charge in [0.25, 0.3) is 0 Å². The molecule has 0 heterocycles. The number of methoxy groups -OCH3 is 2. The van der Waals surface area contributed by atoms with Crippen molar-refractivity contribution in [1.82, 2.24) is 0 Å². The van der Waals surface area contributed by atoms with Crippen molar-refractivity contribution in [3.63, 3.8) is 0 Å². The van der Waals surface area contributed by atoms with Crippen LogP contribution in [-0.4, -0.2) is 35.6 Å². The van der Waals surface area contributed by atoms with Crippen LogP contribution in [0.25, 0.3) is 11.1 Å². The zero-order chi connectivity index (χ0) is 21.5. The summed E-state index contributed by atoms with van der Waals surface area (Å²) >= 11 is -1.54. The molecule has 3 aromatic carbocycles. The third kappa shape index (κ3) is 5.46. The maximum Gasteiger partial charge on any atom is 0.354 e. The summed E-state index contributed by atoms with van der Waals surface area (Å²) < 4.78 is 22.6. The van der Waals surface area contributed by atoms with Gasteiger partial charge in [-0.3, -0.25) is 0 Å². The van der Waals surface area contributed by atoms with Crippen LogP contribution in [0.1, 0.15) is 5.56 Å². The van der Waals surface area contributed by atoms with E-state index in [1.807, 2.05) is 36.4 Å². The maximum atomic E-state index is 11.9. The summed E-state index contributed by atoms with van der Waals surface area (Å²) in [4.78, 5) is 11.2. The van der Waals surface area contributed by atoms with Gasteiger partial charge in [-0.05, 0) is 70.3 Å². The molecular formula is C23H23NO5S. The minimum Gasteiger partial charge on any atom is -0.611 e. The average Bonchev–Trinajstić information content (AvgIpc) is 2.77. The Balaban J connectivity index is 1.68. The van der Waals surface area contributed by atoms with Crippen molar-refractivity contribution < 1.29 is 23.9 Å². The zero-order valence-corrected chi connectivity index (χ0v) is 17.6. The lowest BCUT2D eigenvalue weighted by Crippen LogP contribution is -2.15. The third-order valence-electron chi connectivity index (χ3n) is 4.51. The van der Waals surface area contributed by atoms with E-state index >= 15 is 0 Å². The Morgan fingerprint density at radius 1 is 0.967 bits per heavy atom. The lowest BCUT2D eigenvalue weighted by molar-refractivity contribution is -0.134. The second-order valence-electron chi connectivity index (χ2n) is 6.53. The van der Waals surface area contributed by atoms with Crippen molar-refractivity contribution in [1.29, 1.82) is 0 Å². The number of carboxylic acids is 1. The van der Waals surface area contributed by atoms with Gasteiger partial charge < -0.3 is 24.4 Å². The molecule has 0 amide bonds. The van der Waals surface area contributed by atoms with Gasteiger partial charge in [0.1, 0.15) is 0 Å². The van der Waals surface area contributed by atoms with Crippen LogP contribution in [0.3, 0.4) is 0 Å². The smallest absolute Gasteiger partial charge is 0.354 e. The fraction of sp³-hybridized carbons (Fsp3) is 0.174. The van der Waals surface area contributed by atoms with E-state index in [1.54, 1.807) is 38.5 Å². The van der Waals surface area contributed by atoms with E-state index in [0.29, 0.717) is 22.9 Å². The second-order valence-corrected chi connectivity index (χ2v) is 7.98. The molecule has 1 atom stereocenters. The van der Waals surface area contributed by atoms with Gasteiger partial charge in [-0.2, -0.15) is 0 Å². The maximum absolute atomic E-state index is 11.9. The minimum atomic E-state index is -1.54. The molecule has 7 heteroatoms. The number of carboxylic acid groups (broad SMARTS) is 1. The van der Waals surface area contributed by atoms with E-state index in [0.717, 1.165) is 22.4 Å². The van der Waals surface area contributed by atoms with Crippen molar-refractivity contribution in [3.8, 4) is 22.6 Å². The Morgan fingerprint density at radius 2 is 1.67 bits per heavy atom. The van der Waals surface area contributed by atoms with E-state index in [9.17, 15) is 9.35 Å². The predicted molar refractivity (Wildman–Crippen MR) is 118 cm³/mol. The average molecular weight is 426 g/mol. The first-order valence-electron chi connectivity index (χ1n) is 9.25. The molecule has 0 saturated carbocycles. The first-order chi connectivity index (χ1) is 14.5. The van der Waals surface area contributed by atoms with Crippen LogP contribution in [0.2, 0.25) is 0 Å². The number of anilines is 1. The Morgan fingerprint density at radius 3 is 2.33 bits per heavy atom. The molecule has 0 radical (unpaired) electrons. The first kappa shape index (κ1) is 21.5. The number of benzene rings is 3. The molecule has 0 fully saturated rings. The summed E-state index contributed by atoms with van der Waals surface area (Å²) in [6.45, 7) is 0.610. The molecule has 0 spiro atoms. The van der Waals surface area contributed by atoms with Gasteiger partial charge in [0.05, 0.1) is 14.2 Å². The Labute approximate surface area is 178 Å². The van der Waals surface area contributed by atoms with Crippen LogP contribution in [0.4, 0.5) is 5.69 Å². The highest BCUT2D eigenvalue weighted by Crippen LogP contribution is 2.32. The van der Waals surface area contributed by atoms with Crippen molar-refractivity contribution in [2.75, 3.05) is 25.3 Å². The molecule has 0 aromatic heterocycles. The molecule has 30 heavy (non-hydrogen) atoms. The number of nitrogens with one attached hydrogen (secondary N) is 1. The Kier molecular flexibility index (Phi) is 7.21. The van der Waals surface area contributed by atoms with E-state index in [4.69, 9.17) is 14.6 Å². The number of aliphatic carboxylic acids is 1. The third-order valence-corrected chi connectivity index (χ3v) is 5.82. The molecule has 0 aliphatic carbocycles. The monoisotopic (exact) mass is 425 g/mol. The summed E-state index contributed by atoms with van der Waals surface area (Å²) in [6.07, 6.45) is 0. The van der Waals surface area contributed by atoms with Gasteiger partial charge >= 0.3 is 5.97 Å². The SMILES string of the molecule is COc1ccc(-c2cccc(CNc3ccc([S+]([O-])CC(=O)O)cc3)c2)cc1OC. The lowest BCUT2D eigenvalue weighted by Gasteiger charge is -2.12. The fourth-order valence-corrected chi connectivity index (χ4v) is 3.83. The van der Waals surface area contributed by atoms with Crippen molar-refractivity contribution in [2.45, 2.75) is 11.4 Å². The molecule has 0 bridgehead atoms. The number of hydrogen-bond donors (Lipinski definition) is 2. The van der Waals surface area contributed by atoms with Crippen molar-refractivity contribution in [2.24, 2.45) is 0 Å². The van der Waals surface area contributed by atoms with Crippen LogP contribution in [0.5, 0.6) is 11.5 Å². The zero-order valence-electron chi connectivity index (χ0n) is 16.8. The number of ether oxygens (including phenoxy) is 2. The summed E-state index contributed by atoms with van der Waals surface area (Å²) in [7, 11) is 3.23. The Hall–Kier alpha value is -3.16. The summed E-state index contributed by atoms with van der Waals surface area (Å²) in [5.74, 6) is -0.106. The highest BCUT2D eigenvalue weighted by atomic mass is 32.2. The van der Waals surface area contributed by atoms with Gasteiger partial charge in [0.2, 0.25) is 5.75 Å². The van der Waals surface area contributed by atoms with Gasteiger partial charge in [-0.1, -0.05) is 24.3 Å². The molecular weight excluding hydrogens is 402 g/mol. The highest BCUT2D eigenvalue weighted by molar-refractivity contribution is 7.92. The van der Waals surface area contributed by atoms with Crippen LogP contribution < -0.4 is 14.8 Å². The standard InChI is InChI=1S/C23H23NO5S/c1-28-21-11-6-18(13-22(21)29-2)17-5-3-4-16(12-17)14-24-19-7-9-20(10-8-19)30(27)15-23(25)26/h3-13,24H,14-15H2,1-2H3,(H,25,26). The van der Waals surface area contributed by atoms with Crippen LogP contribution in [-0.2, 0) is 22.5 Å². The molecule has 0 saturated heterocycles. The van der Waals surface area contributed by atoms with Crippen molar-refractivity contribution >= 4 is 22.8 Å². The fourth-order valence-electron chi connectivity index (χ4n) is 3.00. The van der Waals surface area contributed by atoms with Gasteiger partial charge in [0.15, 0.2) is 16.4 Å². The molecule has 1 unspecified atom stereocenters. The quantitative estimate of drug-likeness (QED) is 0.500. The molecule has 6 nitrogen and oxygen atoms in total. The molecule has 2 N–H and O–H groups in total. The second kappa shape index (κ2) is 10.0. The summed E-state index contributed by atoms with van der Waals surface area (Å²) in [5, 5.41) is 12.1. The normalized spacial score (nSPS) is 11.6. The minimum absolute atomic E-state index is 0.393. The van der Waals surface area contributed by atoms with Crippen LogP contribution in [0.15, 0.2) is 71.6 Å². The number of rotatable bonds is 9. The molecule has 0 aliphatic rings.